The molecule has 0 saturated carbocycles. The van der Waals surface area contributed by atoms with Crippen LogP contribution in [0.5, 0.6) is 0 Å². The van der Waals surface area contributed by atoms with Gasteiger partial charge in [0.15, 0.2) is 5.82 Å². The zero-order chi connectivity index (χ0) is 16.9. The number of rotatable bonds is 5. The van der Waals surface area contributed by atoms with Crippen LogP contribution in [0.4, 0.5) is 5.69 Å². The first kappa shape index (κ1) is 16.7. The van der Waals surface area contributed by atoms with Gasteiger partial charge in [-0.05, 0) is 36.8 Å². The molecule has 0 aliphatic carbocycles. The van der Waals surface area contributed by atoms with Gasteiger partial charge in [-0.2, -0.15) is 0 Å². The average molecular weight is 403 g/mol. The molecule has 2 N–H and O–H groups in total. The summed E-state index contributed by atoms with van der Waals surface area (Å²) in [4.78, 5) is 16.4. The number of hydrogen-bond donors (Lipinski definition) is 2. The lowest BCUT2D eigenvalue weighted by molar-refractivity contribution is -0.113. The van der Waals surface area contributed by atoms with Crippen LogP contribution in [0.3, 0.4) is 0 Å². The zero-order valence-corrected chi connectivity index (χ0v) is 15.3. The number of halogens is 1. The molecule has 3 aromatic rings. The number of nitrogens with one attached hydrogen (secondary N) is 2. The molecule has 3 rings (SSSR count). The fourth-order valence-electron chi connectivity index (χ4n) is 2.13. The number of carbonyl (C=O) groups excluding carboxylic acids is 1. The Labute approximate surface area is 152 Å². The Kier molecular flexibility index (Phi) is 5.32. The Morgan fingerprint density at radius 1 is 1.25 bits per heavy atom. The second kappa shape index (κ2) is 7.63. The fourth-order valence-corrected chi connectivity index (χ4v) is 3.12. The maximum absolute atomic E-state index is 12.0. The smallest absolute Gasteiger partial charge is 0.234 e. The van der Waals surface area contributed by atoms with Gasteiger partial charge in [0.25, 0.3) is 0 Å². The predicted octanol–water partition coefficient (Wildman–Crippen LogP) is 4.27. The minimum Gasteiger partial charge on any atom is -0.325 e. The zero-order valence-electron chi connectivity index (χ0n) is 12.9. The number of carbonyl (C=O) groups is 1. The summed E-state index contributed by atoms with van der Waals surface area (Å²) in [5.41, 5.74) is 2.84. The molecule has 122 valence electrons. The Balaban J connectivity index is 1.58. The first-order valence-electron chi connectivity index (χ1n) is 7.28. The second-order valence-electron chi connectivity index (χ2n) is 5.18. The van der Waals surface area contributed by atoms with Gasteiger partial charge in [-0.25, -0.2) is 4.98 Å². The van der Waals surface area contributed by atoms with Crippen LogP contribution < -0.4 is 5.32 Å². The lowest BCUT2D eigenvalue weighted by Gasteiger charge is -2.04. The van der Waals surface area contributed by atoms with E-state index in [4.69, 9.17) is 0 Å². The molecule has 0 saturated heterocycles. The SMILES string of the molecule is Cc1cccc(NC(=O)CSc2n[nH]c(-c3cccc(Br)c3)n2)c1. The van der Waals surface area contributed by atoms with E-state index in [1.54, 1.807) is 0 Å². The van der Waals surface area contributed by atoms with E-state index >= 15 is 0 Å². The van der Waals surface area contributed by atoms with Crippen molar-refractivity contribution in [3.05, 3.63) is 58.6 Å². The molecular weight excluding hydrogens is 388 g/mol. The molecule has 0 spiro atoms. The summed E-state index contributed by atoms with van der Waals surface area (Å²) < 4.78 is 0.975. The van der Waals surface area contributed by atoms with E-state index in [1.807, 2.05) is 55.5 Å². The van der Waals surface area contributed by atoms with Crippen LogP contribution in [0.1, 0.15) is 5.56 Å². The molecule has 1 aromatic heterocycles. The highest BCUT2D eigenvalue weighted by atomic mass is 79.9. The monoisotopic (exact) mass is 402 g/mol. The molecule has 0 atom stereocenters. The summed E-state index contributed by atoms with van der Waals surface area (Å²) in [6.07, 6.45) is 0. The number of aromatic amines is 1. The Bertz CT molecular complexity index is 865. The maximum Gasteiger partial charge on any atom is 0.234 e. The van der Waals surface area contributed by atoms with E-state index in [2.05, 4.69) is 36.4 Å². The van der Waals surface area contributed by atoms with Crippen molar-refractivity contribution in [2.24, 2.45) is 0 Å². The van der Waals surface area contributed by atoms with Gasteiger partial charge in [-0.1, -0.05) is 52.0 Å². The fraction of sp³-hybridized carbons (Fsp3) is 0.118. The molecule has 1 heterocycles. The Hall–Kier alpha value is -2.12. The van der Waals surface area contributed by atoms with E-state index in [0.29, 0.717) is 11.0 Å². The molecule has 7 heteroatoms. The number of thioether (sulfide) groups is 1. The third kappa shape index (κ3) is 4.46. The van der Waals surface area contributed by atoms with Crippen LogP contribution >= 0.6 is 27.7 Å². The molecule has 0 aliphatic heterocycles. The molecule has 1 amide bonds. The first-order valence-corrected chi connectivity index (χ1v) is 9.06. The van der Waals surface area contributed by atoms with Gasteiger partial charge >= 0.3 is 0 Å². The van der Waals surface area contributed by atoms with Gasteiger partial charge in [-0.3, -0.25) is 9.89 Å². The highest BCUT2D eigenvalue weighted by Crippen LogP contribution is 2.22. The molecule has 0 radical (unpaired) electrons. The number of nitrogens with zero attached hydrogens (tertiary/aromatic N) is 2. The summed E-state index contributed by atoms with van der Waals surface area (Å²) in [5, 5.41) is 10.5. The molecule has 0 bridgehead atoms. The van der Waals surface area contributed by atoms with E-state index in [1.165, 1.54) is 11.8 Å². The van der Waals surface area contributed by atoms with E-state index in [-0.39, 0.29) is 11.7 Å². The van der Waals surface area contributed by atoms with E-state index in [9.17, 15) is 4.79 Å². The van der Waals surface area contributed by atoms with Gasteiger partial charge < -0.3 is 5.32 Å². The molecule has 0 unspecified atom stereocenters. The number of hydrogen-bond acceptors (Lipinski definition) is 4. The Morgan fingerprint density at radius 2 is 2.08 bits per heavy atom. The number of aromatic nitrogens is 3. The van der Waals surface area contributed by atoms with Crippen LogP contribution in [0.15, 0.2) is 58.2 Å². The highest BCUT2D eigenvalue weighted by Gasteiger charge is 2.09. The highest BCUT2D eigenvalue weighted by molar-refractivity contribution is 9.10. The topological polar surface area (TPSA) is 70.7 Å². The van der Waals surface area contributed by atoms with Crippen LogP contribution in [-0.2, 0) is 4.79 Å². The molecular formula is C17H15BrN4OS. The normalized spacial score (nSPS) is 10.6. The van der Waals surface area contributed by atoms with Gasteiger partial charge in [0, 0.05) is 15.7 Å². The third-order valence-electron chi connectivity index (χ3n) is 3.20. The van der Waals surface area contributed by atoms with Crippen molar-refractivity contribution in [3.63, 3.8) is 0 Å². The van der Waals surface area contributed by atoms with E-state index < -0.39 is 0 Å². The lowest BCUT2D eigenvalue weighted by Crippen LogP contribution is -2.14. The largest absolute Gasteiger partial charge is 0.325 e. The summed E-state index contributed by atoms with van der Waals surface area (Å²) in [6.45, 7) is 1.99. The third-order valence-corrected chi connectivity index (χ3v) is 4.54. The predicted molar refractivity (Wildman–Crippen MR) is 100 cm³/mol. The minimum atomic E-state index is -0.0839. The lowest BCUT2D eigenvalue weighted by atomic mass is 10.2. The van der Waals surface area contributed by atoms with Crippen molar-refractivity contribution in [1.29, 1.82) is 0 Å². The van der Waals surface area contributed by atoms with Crippen LogP contribution in [0.2, 0.25) is 0 Å². The number of anilines is 1. The van der Waals surface area contributed by atoms with Crippen molar-refractivity contribution in [3.8, 4) is 11.4 Å². The van der Waals surface area contributed by atoms with Crippen molar-refractivity contribution in [2.45, 2.75) is 12.1 Å². The molecule has 24 heavy (non-hydrogen) atoms. The number of H-pyrrole nitrogens is 1. The summed E-state index contributed by atoms with van der Waals surface area (Å²) in [5.74, 6) is 0.848. The maximum atomic E-state index is 12.0. The van der Waals surface area contributed by atoms with Crippen molar-refractivity contribution in [1.82, 2.24) is 15.2 Å². The van der Waals surface area contributed by atoms with Gasteiger partial charge in [0.1, 0.15) is 0 Å². The molecule has 2 aromatic carbocycles. The second-order valence-corrected chi connectivity index (χ2v) is 7.04. The summed E-state index contributed by atoms with van der Waals surface area (Å²) >= 11 is 4.73. The minimum absolute atomic E-state index is 0.0839. The Morgan fingerprint density at radius 3 is 2.88 bits per heavy atom. The summed E-state index contributed by atoms with van der Waals surface area (Å²) in [6, 6.07) is 15.5. The molecule has 0 fully saturated rings. The number of benzene rings is 2. The van der Waals surface area contributed by atoms with Crippen LogP contribution in [0.25, 0.3) is 11.4 Å². The summed E-state index contributed by atoms with van der Waals surface area (Å²) in [7, 11) is 0. The van der Waals surface area contributed by atoms with Gasteiger partial charge in [0.2, 0.25) is 11.1 Å². The standard InChI is InChI=1S/C17H15BrN4OS/c1-11-4-2-7-14(8-11)19-15(23)10-24-17-20-16(21-22-17)12-5-3-6-13(18)9-12/h2-9H,10H2,1H3,(H,19,23)(H,20,21,22). The van der Waals surface area contributed by atoms with Crippen molar-refractivity contribution >= 4 is 39.3 Å². The average Bonchev–Trinajstić information content (AvgIpc) is 3.02. The van der Waals surface area contributed by atoms with Crippen molar-refractivity contribution in [2.75, 3.05) is 11.1 Å². The number of aryl methyl sites for hydroxylation is 1. The van der Waals surface area contributed by atoms with Gasteiger partial charge in [-0.15, -0.1) is 5.10 Å². The quantitative estimate of drug-likeness (QED) is 0.624. The number of amides is 1. The first-order chi connectivity index (χ1) is 11.6. The molecule has 5 nitrogen and oxygen atoms in total. The van der Waals surface area contributed by atoms with E-state index in [0.717, 1.165) is 21.3 Å². The van der Waals surface area contributed by atoms with Gasteiger partial charge in [0.05, 0.1) is 5.75 Å². The van der Waals surface area contributed by atoms with Crippen molar-refractivity contribution < 1.29 is 4.79 Å². The van der Waals surface area contributed by atoms with Crippen LogP contribution in [0, 0.1) is 6.92 Å². The molecule has 0 aliphatic rings. The van der Waals surface area contributed by atoms with Crippen LogP contribution in [-0.4, -0.2) is 26.8 Å².